The van der Waals surface area contributed by atoms with Crippen LogP contribution in [0.15, 0.2) is 23.1 Å². The molecule has 0 radical (unpaired) electrons. The highest BCUT2D eigenvalue weighted by molar-refractivity contribution is 7.99. The molecule has 1 nitrogen and oxygen atoms in total. The Morgan fingerprint density at radius 1 is 1.40 bits per heavy atom. The molecule has 0 spiro atoms. The Hall–Kier alpha value is -0.540. The molecule has 1 aromatic carbocycles. The molecular formula is C12H18FNS. The molecule has 1 aromatic rings. The standard InChI is InChI=1S/C12H18FNS/c1-2-3-8-15-12-5-4-11(13)9-10(12)6-7-14/h4-5,9H,2-3,6-8,14H2,1H3. The van der Waals surface area contributed by atoms with Crippen molar-refractivity contribution in [1.82, 2.24) is 0 Å². The first-order valence-electron chi connectivity index (χ1n) is 5.39. The second kappa shape index (κ2) is 6.85. The molecule has 0 unspecified atom stereocenters. The van der Waals surface area contributed by atoms with Crippen LogP contribution >= 0.6 is 11.8 Å². The van der Waals surface area contributed by atoms with Gasteiger partial charge in [0.25, 0.3) is 0 Å². The first kappa shape index (κ1) is 12.5. The summed E-state index contributed by atoms with van der Waals surface area (Å²) in [5, 5.41) is 0. The third-order valence-corrected chi connectivity index (χ3v) is 3.39. The monoisotopic (exact) mass is 227 g/mol. The minimum absolute atomic E-state index is 0.168. The third-order valence-electron chi connectivity index (χ3n) is 2.19. The predicted molar refractivity (Wildman–Crippen MR) is 64.8 cm³/mol. The molecule has 0 saturated heterocycles. The average molecular weight is 227 g/mol. The van der Waals surface area contributed by atoms with Crippen molar-refractivity contribution in [1.29, 1.82) is 0 Å². The van der Waals surface area contributed by atoms with Gasteiger partial charge in [0.05, 0.1) is 0 Å². The van der Waals surface area contributed by atoms with Crippen molar-refractivity contribution in [2.45, 2.75) is 31.1 Å². The molecule has 15 heavy (non-hydrogen) atoms. The van der Waals surface area contributed by atoms with Crippen molar-refractivity contribution in [2.24, 2.45) is 5.73 Å². The van der Waals surface area contributed by atoms with Crippen LogP contribution in [0.25, 0.3) is 0 Å². The molecule has 0 aromatic heterocycles. The Morgan fingerprint density at radius 2 is 2.20 bits per heavy atom. The minimum Gasteiger partial charge on any atom is -0.330 e. The van der Waals surface area contributed by atoms with Crippen molar-refractivity contribution in [2.75, 3.05) is 12.3 Å². The van der Waals surface area contributed by atoms with Gasteiger partial charge in [0.15, 0.2) is 0 Å². The normalized spacial score (nSPS) is 10.6. The van der Waals surface area contributed by atoms with Crippen LogP contribution in [0.4, 0.5) is 4.39 Å². The third kappa shape index (κ3) is 4.22. The lowest BCUT2D eigenvalue weighted by Crippen LogP contribution is -2.04. The number of hydrogen-bond acceptors (Lipinski definition) is 2. The summed E-state index contributed by atoms with van der Waals surface area (Å²) >= 11 is 1.80. The number of rotatable bonds is 6. The van der Waals surface area contributed by atoms with E-state index in [9.17, 15) is 4.39 Å². The van der Waals surface area contributed by atoms with Crippen LogP contribution in [-0.4, -0.2) is 12.3 Å². The molecule has 0 aliphatic heterocycles. The first-order chi connectivity index (χ1) is 7.27. The van der Waals surface area contributed by atoms with E-state index in [2.05, 4.69) is 6.92 Å². The van der Waals surface area contributed by atoms with Gasteiger partial charge in [0.1, 0.15) is 5.82 Å². The molecule has 0 saturated carbocycles. The Morgan fingerprint density at radius 3 is 2.87 bits per heavy atom. The van der Waals surface area contributed by atoms with Crippen molar-refractivity contribution in [3.05, 3.63) is 29.6 Å². The van der Waals surface area contributed by atoms with Gasteiger partial charge in [-0.05, 0) is 48.9 Å². The summed E-state index contributed by atoms with van der Waals surface area (Å²) < 4.78 is 13.0. The molecule has 0 heterocycles. The number of halogens is 1. The Kier molecular flexibility index (Phi) is 5.73. The van der Waals surface area contributed by atoms with Crippen LogP contribution in [0.5, 0.6) is 0 Å². The molecule has 1 rings (SSSR count). The van der Waals surface area contributed by atoms with E-state index in [-0.39, 0.29) is 5.82 Å². The van der Waals surface area contributed by atoms with Crippen LogP contribution < -0.4 is 5.73 Å². The largest absolute Gasteiger partial charge is 0.330 e. The molecule has 84 valence electrons. The maximum absolute atomic E-state index is 13.0. The summed E-state index contributed by atoms with van der Waals surface area (Å²) in [7, 11) is 0. The number of benzene rings is 1. The van der Waals surface area contributed by atoms with Gasteiger partial charge in [0.2, 0.25) is 0 Å². The maximum Gasteiger partial charge on any atom is 0.123 e. The molecule has 3 heteroatoms. The summed E-state index contributed by atoms with van der Waals surface area (Å²) in [4.78, 5) is 1.18. The predicted octanol–water partition coefficient (Wildman–Crippen LogP) is 3.22. The maximum atomic E-state index is 13.0. The van der Waals surface area contributed by atoms with E-state index in [1.165, 1.54) is 23.8 Å². The van der Waals surface area contributed by atoms with Crippen LogP contribution in [0.1, 0.15) is 25.3 Å². The highest BCUT2D eigenvalue weighted by Crippen LogP contribution is 2.24. The summed E-state index contributed by atoms with van der Waals surface area (Å²) in [6.45, 7) is 2.75. The zero-order valence-electron chi connectivity index (χ0n) is 9.13. The van der Waals surface area contributed by atoms with Gasteiger partial charge in [-0.2, -0.15) is 0 Å². The number of hydrogen-bond donors (Lipinski definition) is 1. The quantitative estimate of drug-likeness (QED) is 0.596. The molecule has 0 fully saturated rings. The molecule has 0 amide bonds. The molecule has 2 N–H and O–H groups in total. The summed E-state index contributed by atoms with van der Waals surface area (Å²) in [5.41, 5.74) is 6.54. The number of thioether (sulfide) groups is 1. The second-order valence-electron chi connectivity index (χ2n) is 3.49. The molecule has 0 atom stereocenters. The van der Waals surface area contributed by atoms with E-state index in [0.29, 0.717) is 6.54 Å². The fraction of sp³-hybridized carbons (Fsp3) is 0.500. The van der Waals surface area contributed by atoms with Crippen LogP contribution in [-0.2, 0) is 6.42 Å². The van der Waals surface area contributed by atoms with Gasteiger partial charge in [-0.15, -0.1) is 11.8 Å². The SMILES string of the molecule is CCCCSc1ccc(F)cc1CCN. The van der Waals surface area contributed by atoms with E-state index in [0.717, 1.165) is 17.7 Å². The second-order valence-corrected chi connectivity index (χ2v) is 4.63. The first-order valence-corrected chi connectivity index (χ1v) is 6.37. The molecule has 0 bridgehead atoms. The van der Waals surface area contributed by atoms with Gasteiger partial charge in [-0.3, -0.25) is 0 Å². The minimum atomic E-state index is -0.168. The van der Waals surface area contributed by atoms with Crippen molar-refractivity contribution < 1.29 is 4.39 Å². The van der Waals surface area contributed by atoms with E-state index < -0.39 is 0 Å². The van der Waals surface area contributed by atoms with E-state index >= 15 is 0 Å². The number of unbranched alkanes of at least 4 members (excludes halogenated alkanes) is 1. The highest BCUT2D eigenvalue weighted by atomic mass is 32.2. The van der Waals surface area contributed by atoms with Crippen LogP contribution in [0.3, 0.4) is 0 Å². The van der Waals surface area contributed by atoms with Crippen LogP contribution in [0, 0.1) is 5.82 Å². The lowest BCUT2D eigenvalue weighted by Gasteiger charge is -2.08. The van der Waals surface area contributed by atoms with E-state index in [1.807, 2.05) is 6.07 Å². The topological polar surface area (TPSA) is 26.0 Å². The lowest BCUT2D eigenvalue weighted by molar-refractivity contribution is 0.623. The Labute approximate surface area is 95.2 Å². The zero-order valence-corrected chi connectivity index (χ0v) is 9.95. The van der Waals surface area contributed by atoms with Crippen molar-refractivity contribution >= 4 is 11.8 Å². The lowest BCUT2D eigenvalue weighted by atomic mass is 10.1. The molecule has 0 aliphatic rings. The summed E-state index contributed by atoms with van der Waals surface area (Å²) in [6, 6.07) is 4.98. The van der Waals surface area contributed by atoms with Crippen molar-refractivity contribution in [3.63, 3.8) is 0 Å². The van der Waals surface area contributed by atoms with Gasteiger partial charge < -0.3 is 5.73 Å². The fourth-order valence-electron chi connectivity index (χ4n) is 1.37. The zero-order chi connectivity index (χ0) is 11.1. The van der Waals surface area contributed by atoms with Gasteiger partial charge >= 0.3 is 0 Å². The van der Waals surface area contributed by atoms with Gasteiger partial charge in [-0.25, -0.2) is 4.39 Å². The van der Waals surface area contributed by atoms with Crippen molar-refractivity contribution in [3.8, 4) is 0 Å². The summed E-state index contributed by atoms with van der Waals surface area (Å²) in [6.07, 6.45) is 3.15. The van der Waals surface area contributed by atoms with Gasteiger partial charge in [-0.1, -0.05) is 13.3 Å². The van der Waals surface area contributed by atoms with Crippen LogP contribution in [0.2, 0.25) is 0 Å². The average Bonchev–Trinajstić information content (AvgIpc) is 2.22. The fourth-order valence-corrected chi connectivity index (χ4v) is 2.53. The smallest absolute Gasteiger partial charge is 0.123 e. The Balaban J connectivity index is 2.67. The van der Waals surface area contributed by atoms with Gasteiger partial charge in [0, 0.05) is 4.90 Å². The van der Waals surface area contributed by atoms with E-state index in [1.54, 1.807) is 17.8 Å². The van der Waals surface area contributed by atoms with E-state index in [4.69, 9.17) is 5.73 Å². The molecule has 0 aliphatic carbocycles. The molecular weight excluding hydrogens is 209 g/mol. The highest BCUT2D eigenvalue weighted by Gasteiger charge is 2.03. The Bertz CT molecular complexity index is 302. The number of nitrogens with two attached hydrogens (primary N) is 1. The summed E-state index contributed by atoms with van der Waals surface area (Å²) in [5.74, 6) is 0.929.